The summed E-state index contributed by atoms with van der Waals surface area (Å²) in [6, 6.07) is 0. The molecule has 34 unspecified atom stereocenters. The van der Waals surface area contributed by atoms with Gasteiger partial charge in [-0.2, -0.15) is 0 Å². The van der Waals surface area contributed by atoms with E-state index in [1.165, 1.54) is 0 Å². The van der Waals surface area contributed by atoms with Crippen molar-refractivity contribution in [3.05, 3.63) is 11.6 Å². The molecule has 0 aromatic rings. The van der Waals surface area contributed by atoms with E-state index in [1.54, 1.807) is 0 Å². The molecule has 0 aromatic heterocycles. The Bertz CT molecular complexity index is 2250. The number of rotatable bonds is 17. The number of aliphatic hydroxyl groups is 17. The van der Waals surface area contributed by atoms with E-state index in [4.69, 9.17) is 47.4 Å². The first-order valence-corrected chi connectivity index (χ1v) is 30.3. The summed E-state index contributed by atoms with van der Waals surface area (Å²) in [6.07, 6.45) is -34.7. The van der Waals surface area contributed by atoms with Gasteiger partial charge in [0.2, 0.25) is 0 Å². The minimum absolute atomic E-state index is 0.178. The molecule has 34 atom stereocenters. The van der Waals surface area contributed by atoms with Gasteiger partial charge in [0.1, 0.15) is 110 Å². The predicted octanol–water partition coefficient (Wildman–Crippen LogP) is -4.13. The van der Waals surface area contributed by atoms with Crippen LogP contribution >= 0.6 is 0 Å². The van der Waals surface area contributed by atoms with Crippen LogP contribution in [0.1, 0.15) is 107 Å². The van der Waals surface area contributed by atoms with Crippen LogP contribution in [0.25, 0.3) is 0 Å². The Balaban J connectivity index is 0.979. The fourth-order valence-electron chi connectivity index (χ4n) is 17.1. The molecule has 0 amide bonds. The average Bonchev–Trinajstić information content (AvgIpc) is 1.73. The quantitative estimate of drug-likeness (QED) is 0.0486. The largest absolute Gasteiger partial charge is 0.394 e. The first-order chi connectivity index (χ1) is 39.8. The summed E-state index contributed by atoms with van der Waals surface area (Å²) in [6.45, 7) is 13.5. The van der Waals surface area contributed by atoms with Crippen LogP contribution in [0.5, 0.6) is 0 Å². The van der Waals surface area contributed by atoms with Crippen LogP contribution in [0.15, 0.2) is 11.6 Å². The molecule has 27 heteroatoms. The van der Waals surface area contributed by atoms with Gasteiger partial charge in [0.25, 0.3) is 0 Å². The molecule has 4 aliphatic carbocycles. The molecule has 0 bridgehead atoms. The van der Waals surface area contributed by atoms with Crippen LogP contribution in [-0.4, -0.2) is 285 Å². The van der Waals surface area contributed by atoms with Gasteiger partial charge >= 0.3 is 0 Å². The van der Waals surface area contributed by atoms with Crippen LogP contribution < -0.4 is 0 Å². The fraction of sp³-hybridized carbons (Fsp3) is 0.966. The summed E-state index contributed by atoms with van der Waals surface area (Å²) >= 11 is 0. The van der Waals surface area contributed by atoms with Crippen molar-refractivity contribution < 1.29 is 134 Å². The highest BCUT2D eigenvalue weighted by Gasteiger charge is 2.74. The van der Waals surface area contributed by atoms with Crippen LogP contribution in [-0.2, 0) is 47.4 Å². The van der Waals surface area contributed by atoms with Crippen molar-refractivity contribution in [3.8, 4) is 0 Å². The second-order valence-electron chi connectivity index (χ2n) is 27.9. The lowest BCUT2D eigenvalue weighted by Gasteiger charge is -2.72. The fourth-order valence-corrected chi connectivity index (χ4v) is 17.1. The average molecular weight is 1230 g/mol. The maximum absolute atomic E-state index is 13.0. The summed E-state index contributed by atoms with van der Waals surface area (Å²) in [5.41, 5.74) is -3.08. The molecule has 5 saturated heterocycles. The standard InChI is InChI=1S/C58H98O27/c1-23(2)10-9-13-58(8,85-52-46(75)41(70)39(68)31(83-52)22-79-50-45(74)40(69)38(67)30(82-50)21-78-49-43(72)35(64)26(61)19-76-49)24-11-15-56(6)34(24)25(60)16-32-55(5)14-12-33(63)54(3,4)48(55)28(17-57(32,56)7)80-53-47(42(71)37(66)29(18-59)81-53)84-51-44(73)36(65)27(62)20-77-51/h10,24-53,59-75H,9,11-22H2,1-8H3. The Kier molecular flexibility index (Phi) is 20.8. The minimum Gasteiger partial charge on any atom is -0.394 e. The number of ether oxygens (including phenoxy) is 10. The first-order valence-electron chi connectivity index (χ1n) is 30.3. The molecule has 4 saturated carbocycles. The Labute approximate surface area is 494 Å². The molecule has 0 spiro atoms. The molecule has 5 aliphatic heterocycles. The van der Waals surface area contributed by atoms with Crippen molar-refractivity contribution in [2.45, 2.75) is 272 Å². The van der Waals surface area contributed by atoms with Gasteiger partial charge in [-0.05, 0) is 117 Å². The molecule has 85 heavy (non-hydrogen) atoms. The number of aliphatic hydroxyl groups excluding tert-OH is 17. The van der Waals surface area contributed by atoms with E-state index in [-0.39, 0.29) is 12.5 Å². The zero-order valence-electron chi connectivity index (χ0n) is 49.8. The molecule has 0 aromatic carbocycles. The van der Waals surface area contributed by atoms with Crippen molar-refractivity contribution >= 4 is 0 Å². The topological polar surface area (TPSA) is 436 Å². The third kappa shape index (κ3) is 12.4. The van der Waals surface area contributed by atoms with Crippen molar-refractivity contribution in [1.82, 2.24) is 0 Å². The van der Waals surface area contributed by atoms with E-state index in [1.807, 2.05) is 40.7 Å². The van der Waals surface area contributed by atoms with Crippen molar-refractivity contribution in [1.29, 1.82) is 0 Å². The van der Waals surface area contributed by atoms with Gasteiger partial charge in [-0.25, -0.2) is 0 Å². The maximum atomic E-state index is 13.0. The second kappa shape index (κ2) is 26.0. The molecule has 9 aliphatic rings. The third-order valence-electron chi connectivity index (χ3n) is 22.1. The van der Waals surface area contributed by atoms with Crippen LogP contribution in [0.4, 0.5) is 0 Å². The predicted molar refractivity (Wildman–Crippen MR) is 288 cm³/mol. The van der Waals surface area contributed by atoms with Gasteiger partial charge < -0.3 is 134 Å². The SMILES string of the molecule is CC(C)=CCCC(C)(OC1OC(COC2OC(COC3OCC(O)C(O)C3O)C(O)C(O)C2O)C(O)C(O)C1O)C1CCC2(C)C1C(O)CC1C3(C)CCC(O)C(C)(C)C3C(OC3OC(CO)C(O)C(O)C3OC3OCC(O)C(O)C3O)CC12C. The molecule has 27 nitrogen and oxygen atoms in total. The lowest BCUT2D eigenvalue weighted by atomic mass is 9.34. The Hall–Kier alpha value is -1.34. The van der Waals surface area contributed by atoms with Crippen LogP contribution in [0, 0.1) is 45.3 Å². The molecule has 9 fully saturated rings. The van der Waals surface area contributed by atoms with Gasteiger partial charge in [-0.15, -0.1) is 0 Å². The first kappa shape index (κ1) is 68.0. The van der Waals surface area contributed by atoms with E-state index >= 15 is 0 Å². The number of fused-ring (bicyclic) bond motifs is 5. The number of allylic oxidation sites excluding steroid dienone is 2. The maximum Gasteiger partial charge on any atom is 0.187 e. The minimum atomic E-state index is -1.87. The van der Waals surface area contributed by atoms with Gasteiger partial charge in [-0.1, -0.05) is 46.3 Å². The molecular weight excluding hydrogens is 1130 g/mol. The highest BCUT2D eigenvalue weighted by molar-refractivity contribution is 5.22. The van der Waals surface area contributed by atoms with Gasteiger partial charge in [0, 0.05) is 0 Å². The summed E-state index contributed by atoms with van der Waals surface area (Å²) < 4.78 is 60.9. The number of hydrogen-bond donors (Lipinski definition) is 17. The summed E-state index contributed by atoms with van der Waals surface area (Å²) in [5, 5.41) is 187. The third-order valence-corrected chi connectivity index (χ3v) is 22.1. The molecule has 492 valence electrons. The van der Waals surface area contributed by atoms with Gasteiger partial charge in [-0.3, -0.25) is 0 Å². The van der Waals surface area contributed by atoms with E-state index in [0.717, 1.165) is 5.57 Å². The Morgan fingerprint density at radius 3 is 1.68 bits per heavy atom. The highest BCUT2D eigenvalue weighted by atomic mass is 16.8. The van der Waals surface area contributed by atoms with Crippen LogP contribution in [0.3, 0.4) is 0 Å². The lowest BCUT2D eigenvalue weighted by molar-refractivity contribution is -0.377. The van der Waals surface area contributed by atoms with Gasteiger partial charge in [0.15, 0.2) is 31.5 Å². The smallest absolute Gasteiger partial charge is 0.187 e. The van der Waals surface area contributed by atoms with Gasteiger partial charge in [0.05, 0.1) is 56.9 Å². The zero-order valence-corrected chi connectivity index (χ0v) is 49.8. The summed E-state index contributed by atoms with van der Waals surface area (Å²) in [7, 11) is 0. The summed E-state index contributed by atoms with van der Waals surface area (Å²) in [4.78, 5) is 0. The van der Waals surface area contributed by atoms with Crippen molar-refractivity contribution in [3.63, 3.8) is 0 Å². The van der Waals surface area contributed by atoms with Crippen LogP contribution in [0.2, 0.25) is 0 Å². The Morgan fingerprint density at radius 2 is 1.08 bits per heavy atom. The van der Waals surface area contributed by atoms with E-state index < -0.39 is 231 Å². The highest BCUT2D eigenvalue weighted by Crippen LogP contribution is 2.76. The van der Waals surface area contributed by atoms with E-state index in [0.29, 0.717) is 51.4 Å². The normalized spacial score (nSPS) is 53.4. The van der Waals surface area contributed by atoms with E-state index in [9.17, 15) is 86.8 Å². The lowest BCUT2D eigenvalue weighted by Crippen LogP contribution is -2.71. The van der Waals surface area contributed by atoms with Crippen molar-refractivity contribution in [2.24, 2.45) is 45.3 Å². The number of hydrogen-bond acceptors (Lipinski definition) is 27. The molecular formula is C58H98O27. The molecule has 17 N–H and O–H groups in total. The molecule has 0 radical (unpaired) electrons. The molecule has 9 rings (SSSR count). The van der Waals surface area contributed by atoms with Crippen molar-refractivity contribution in [2.75, 3.05) is 33.0 Å². The van der Waals surface area contributed by atoms with E-state index in [2.05, 4.69) is 20.8 Å². The zero-order chi connectivity index (χ0) is 62.4. The Morgan fingerprint density at radius 1 is 0.553 bits per heavy atom. The monoisotopic (exact) mass is 1230 g/mol. The molecule has 5 heterocycles. The second-order valence-corrected chi connectivity index (χ2v) is 27.9. The summed E-state index contributed by atoms with van der Waals surface area (Å²) in [5.74, 6) is -1.57.